The Morgan fingerprint density at radius 2 is 1.95 bits per heavy atom. The summed E-state index contributed by atoms with van der Waals surface area (Å²) in [6, 6.07) is 7.26. The summed E-state index contributed by atoms with van der Waals surface area (Å²) in [6.07, 6.45) is 2.07. The van der Waals surface area contributed by atoms with Crippen LogP contribution < -0.4 is 10.1 Å². The number of methoxy groups -OCH3 is 1. The largest absolute Gasteiger partial charge is 0.497 e. The third-order valence-electron chi connectivity index (χ3n) is 3.85. The Labute approximate surface area is 117 Å². The van der Waals surface area contributed by atoms with Crippen molar-refractivity contribution < 1.29 is 14.3 Å². The molecule has 106 valence electrons. The number of hydrogen-bond donors (Lipinski definition) is 1. The lowest BCUT2D eigenvalue weighted by molar-refractivity contribution is -0.145. The Morgan fingerprint density at radius 3 is 2.55 bits per heavy atom. The molecule has 2 amide bonds. The number of hydrogen-bond acceptors (Lipinski definition) is 3. The zero-order chi connectivity index (χ0) is 14.1. The van der Waals surface area contributed by atoms with E-state index in [1.807, 2.05) is 24.3 Å². The van der Waals surface area contributed by atoms with Gasteiger partial charge in [-0.05, 0) is 36.5 Å². The first-order valence-electron chi connectivity index (χ1n) is 6.88. The Balaban J connectivity index is 1.71. The Kier molecular flexibility index (Phi) is 3.34. The average Bonchev–Trinajstić information content (AvgIpc) is 3.28. The first-order chi connectivity index (χ1) is 9.67. The maximum absolute atomic E-state index is 12.4. The number of ether oxygens (including phenoxy) is 1. The van der Waals surface area contributed by atoms with E-state index >= 15 is 0 Å². The van der Waals surface area contributed by atoms with Crippen molar-refractivity contribution in [3.8, 4) is 5.75 Å². The molecule has 5 heteroatoms. The van der Waals surface area contributed by atoms with Gasteiger partial charge in [-0.3, -0.25) is 9.59 Å². The quantitative estimate of drug-likeness (QED) is 0.888. The molecule has 5 nitrogen and oxygen atoms in total. The number of amides is 2. The molecular formula is C15H18N2O3. The molecule has 20 heavy (non-hydrogen) atoms. The van der Waals surface area contributed by atoms with Gasteiger partial charge in [-0.15, -0.1) is 0 Å². The maximum atomic E-state index is 12.4. The molecule has 1 heterocycles. The van der Waals surface area contributed by atoms with Crippen LogP contribution in [0.25, 0.3) is 0 Å². The van der Waals surface area contributed by atoms with Gasteiger partial charge in [-0.2, -0.15) is 0 Å². The van der Waals surface area contributed by atoms with E-state index < -0.39 is 0 Å². The van der Waals surface area contributed by atoms with Crippen LogP contribution >= 0.6 is 0 Å². The van der Waals surface area contributed by atoms with Gasteiger partial charge in [0.25, 0.3) is 0 Å². The van der Waals surface area contributed by atoms with E-state index in [0.717, 1.165) is 24.2 Å². The summed E-state index contributed by atoms with van der Waals surface area (Å²) in [7, 11) is 1.62. The Bertz CT molecular complexity index is 522. The third kappa shape index (κ3) is 2.61. The molecule has 1 N–H and O–H groups in total. The molecule has 1 saturated heterocycles. The molecule has 1 aliphatic heterocycles. The minimum atomic E-state index is -0.311. The molecule has 1 unspecified atom stereocenters. The van der Waals surface area contributed by atoms with Gasteiger partial charge in [0.2, 0.25) is 11.8 Å². The van der Waals surface area contributed by atoms with Crippen LogP contribution in [-0.4, -0.2) is 36.4 Å². The fourth-order valence-electron chi connectivity index (χ4n) is 2.56. The third-order valence-corrected chi connectivity index (χ3v) is 3.85. The highest BCUT2D eigenvalue weighted by molar-refractivity contribution is 5.95. The van der Waals surface area contributed by atoms with Crippen molar-refractivity contribution in [1.29, 1.82) is 0 Å². The van der Waals surface area contributed by atoms with Gasteiger partial charge in [-0.1, -0.05) is 12.1 Å². The van der Waals surface area contributed by atoms with Crippen molar-refractivity contribution in [3.63, 3.8) is 0 Å². The molecule has 1 aromatic rings. The zero-order valence-corrected chi connectivity index (χ0v) is 11.5. The Hall–Kier alpha value is -2.04. The van der Waals surface area contributed by atoms with Crippen molar-refractivity contribution in [1.82, 2.24) is 10.2 Å². The van der Waals surface area contributed by atoms with E-state index in [9.17, 15) is 9.59 Å². The van der Waals surface area contributed by atoms with E-state index in [2.05, 4.69) is 5.32 Å². The van der Waals surface area contributed by atoms with Gasteiger partial charge in [0.05, 0.1) is 13.7 Å². The number of carbonyl (C=O) groups excluding carboxylic acids is 2. The maximum Gasteiger partial charge on any atom is 0.246 e. The summed E-state index contributed by atoms with van der Waals surface area (Å²) in [5.41, 5.74) is 1.00. The van der Waals surface area contributed by atoms with Crippen LogP contribution in [0, 0.1) is 5.92 Å². The number of rotatable bonds is 4. The molecule has 2 aliphatic rings. The lowest BCUT2D eigenvalue weighted by Gasteiger charge is -2.32. The molecule has 0 bridgehead atoms. The van der Waals surface area contributed by atoms with Crippen LogP contribution in [0.3, 0.4) is 0 Å². The van der Waals surface area contributed by atoms with Gasteiger partial charge >= 0.3 is 0 Å². The van der Waals surface area contributed by atoms with E-state index in [0.29, 0.717) is 12.5 Å². The molecular weight excluding hydrogens is 256 g/mol. The van der Waals surface area contributed by atoms with Crippen LogP contribution in [0.15, 0.2) is 24.3 Å². The Morgan fingerprint density at radius 1 is 1.25 bits per heavy atom. The van der Waals surface area contributed by atoms with E-state index in [4.69, 9.17) is 4.74 Å². The van der Waals surface area contributed by atoms with Gasteiger partial charge in [0, 0.05) is 6.54 Å². The summed E-state index contributed by atoms with van der Waals surface area (Å²) in [6.45, 7) is 0.619. The average molecular weight is 274 g/mol. The fraction of sp³-hybridized carbons (Fsp3) is 0.467. The summed E-state index contributed by atoms with van der Waals surface area (Å²) >= 11 is 0. The van der Waals surface area contributed by atoms with Gasteiger partial charge in [0.1, 0.15) is 11.8 Å². The topological polar surface area (TPSA) is 58.6 Å². The summed E-state index contributed by atoms with van der Waals surface area (Å²) < 4.78 is 5.11. The molecule has 2 fully saturated rings. The van der Waals surface area contributed by atoms with Crippen molar-refractivity contribution in [2.75, 3.05) is 13.7 Å². The lowest BCUT2D eigenvalue weighted by Crippen LogP contribution is -2.58. The van der Waals surface area contributed by atoms with Crippen molar-refractivity contribution in [2.24, 2.45) is 5.92 Å². The first kappa shape index (κ1) is 13.0. The van der Waals surface area contributed by atoms with Crippen molar-refractivity contribution in [2.45, 2.75) is 25.4 Å². The predicted octanol–water partition coefficient (Wildman–Crippen LogP) is 0.932. The normalized spacial score (nSPS) is 22.6. The minimum Gasteiger partial charge on any atom is -0.497 e. The number of benzene rings is 1. The molecule has 1 aliphatic carbocycles. The number of nitrogens with one attached hydrogen (secondary N) is 1. The van der Waals surface area contributed by atoms with Crippen LogP contribution in [0.5, 0.6) is 5.75 Å². The highest BCUT2D eigenvalue weighted by atomic mass is 16.5. The first-order valence-corrected chi connectivity index (χ1v) is 6.88. The standard InChI is InChI=1S/C15H18N2O3/c1-20-12-6-2-10(3-7-12)8-17-9-13(18)16-14(15(17)19)11-4-5-11/h2-3,6-7,11,14H,4-5,8-9H2,1H3,(H,16,18). The second-order valence-electron chi connectivity index (χ2n) is 5.42. The van der Waals surface area contributed by atoms with E-state index in [-0.39, 0.29) is 24.4 Å². The second-order valence-corrected chi connectivity index (χ2v) is 5.42. The smallest absolute Gasteiger partial charge is 0.246 e. The van der Waals surface area contributed by atoms with E-state index in [1.165, 1.54) is 0 Å². The number of nitrogens with zero attached hydrogens (tertiary/aromatic N) is 1. The zero-order valence-electron chi connectivity index (χ0n) is 11.5. The molecule has 0 aromatic heterocycles. The van der Waals surface area contributed by atoms with E-state index in [1.54, 1.807) is 12.0 Å². The molecule has 0 spiro atoms. The van der Waals surface area contributed by atoms with Crippen LogP contribution in [0.4, 0.5) is 0 Å². The molecule has 1 saturated carbocycles. The highest BCUT2D eigenvalue weighted by Crippen LogP contribution is 2.34. The van der Waals surface area contributed by atoms with Crippen LogP contribution in [-0.2, 0) is 16.1 Å². The van der Waals surface area contributed by atoms with Crippen LogP contribution in [0.2, 0.25) is 0 Å². The monoisotopic (exact) mass is 274 g/mol. The summed E-state index contributed by atoms with van der Waals surface area (Å²) in [5.74, 6) is 1.11. The minimum absolute atomic E-state index is 0.0444. The van der Waals surface area contributed by atoms with Gasteiger partial charge < -0.3 is 15.0 Å². The van der Waals surface area contributed by atoms with Crippen LogP contribution in [0.1, 0.15) is 18.4 Å². The molecule has 1 atom stereocenters. The van der Waals surface area contributed by atoms with Crippen molar-refractivity contribution >= 4 is 11.8 Å². The van der Waals surface area contributed by atoms with Gasteiger partial charge in [0.15, 0.2) is 0 Å². The van der Waals surface area contributed by atoms with Crippen molar-refractivity contribution in [3.05, 3.63) is 29.8 Å². The number of carbonyl (C=O) groups is 2. The second kappa shape index (κ2) is 5.15. The predicted molar refractivity (Wildman–Crippen MR) is 73.1 cm³/mol. The molecule has 0 radical (unpaired) electrons. The SMILES string of the molecule is COc1ccc(CN2CC(=O)NC(C3CC3)C2=O)cc1. The molecule has 1 aromatic carbocycles. The van der Waals surface area contributed by atoms with Gasteiger partial charge in [-0.25, -0.2) is 0 Å². The highest BCUT2D eigenvalue weighted by Gasteiger charge is 2.42. The lowest BCUT2D eigenvalue weighted by atomic mass is 10.1. The molecule has 3 rings (SSSR count). The summed E-state index contributed by atoms with van der Waals surface area (Å²) in [5, 5.41) is 2.81. The summed E-state index contributed by atoms with van der Waals surface area (Å²) in [4.78, 5) is 25.7. The number of piperazine rings is 1. The fourth-order valence-corrected chi connectivity index (χ4v) is 2.56.